The highest BCUT2D eigenvalue weighted by Gasteiger charge is 2.12. The van der Waals surface area contributed by atoms with Crippen LogP contribution in [0.3, 0.4) is 0 Å². The minimum atomic E-state index is 0.447. The lowest BCUT2D eigenvalue weighted by atomic mass is 10.1. The van der Waals surface area contributed by atoms with Gasteiger partial charge in [-0.2, -0.15) is 10.2 Å². The van der Waals surface area contributed by atoms with Crippen LogP contribution in [0.5, 0.6) is 0 Å². The first kappa shape index (κ1) is 11.6. The number of hydrogen-bond donors (Lipinski definition) is 0. The molecule has 0 unspecified atom stereocenters. The maximum absolute atomic E-state index is 8.81. The van der Waals surface area contributed by atoms with E-state index in [1.54, 1.807) is 6.07 Å². The first-order chi connectivity index (χ1) is 9.26. The summed E-state index contributed by atoms with van der Waals surface area (Å²) in [4.78, 5) is 5.80. The number of rotatable bonds is 2. The third-order valence-corrected chi connectivity index (χ3v) is 3.61. The predicted molar refractivity (Wildman–Crippen MR) is 72.5 cm³/mol. The summed E-state index contributed by atoms with van der Waals surface area (Å²) >= 11 is 1.34. The number of nitrogens with zero attached hydrogens (tertiary/aromatic N) is 3. The van der Waals surface area contributed by atoms with Gasteiger partial charge in [-0.15, -0.1) is 11.3 Å². The molecule has 2 heterocycles. The smallest absolute Gasteiger partial charge is 0.268 e. The molecule has 19 heavy (non-hydrogen) atoms. The Hall–Kier alpha value is -2.45. The zero-order chi connectivity index (χ0) is 13.2. The summed E-state index contributed by atoms with van der Waals surface area (Å²) in [6.45, 7) is 2.02. The Balaban J connectivity index is 1.97. The molecule has 4 nitrogen and oxygen atoms in total. The van der Waals surface area contributed by atoms with Crippen LogP contribution < -0.4 is 0 Å². The van der Waals surface area contributed by atoms with Crippen LogP contribution in [0.1, 0.15) is 10.4 Å². The van der Waals surface area contributed by atoms with E-state index in [0.717, 1.165) is 16.0 Å². The van der Waals surface area contributed by atoms with Gasteiger partial charge in [-0.1, -0.05) is 28.9 Å². The van der Waals surface area contributed by atoms with Gasteiger partial charge in [0.15, 0.2) is 0 Å². The first-order valence-electron chi connectivity index (χ1n) is 5.67. The van der Waals surface area contributed by atoms with Gasteiger partial charge in [0.1, 0.15) is 10.9 Å². The molecule has 0 N–H and O–H groups in total. The lowest BCUT2D eigenvalue weighted by Crippen LogP contribution is -1.81. The van der Waals surface area contributed by atoms with E-state index < -0.39 is 0 Å². The Morgan fingerprint density at radius 1 is 1.26 bits per heavy atom. The summed E-state index contributed by atoms with van der Waals surface area (Å²) in [6.07, 6.45) is 0. The quantitative estimate of drug-likeness (QED) is 0.711. The third-order valence-electron chi connectivity index (χ3n) is 2.63. The lowest BCUT2D eigenvalue weighted by molar-refractivity contribution is 0.433. The van der Waals surface area contributed by atoms with Crippen molar-refractivity contribution in [2.45, 2.75) is 6.92 Å². The van der Waals surface area contributed by atoms with Crippen molar-refractivity contribution in [2.75, 3.05) is 0 Å². The van der Waals surface area contributed by atoms with Gasteiger partial charge in [0.25, 0.3) is 5.89 Å². The standard InChI is InChI=1S/C14H9N3OS/c1-9-3-2-4-10(7-9)13-16-14(18-17-13)12-6-5-11(8-15)19-12/h2-7H,1H3. The second-order valence-electron chi connectivity index (χ2n) is 4.07. The van der Waals surface area contributed by atoms with Crippen molar-refractivity contribution < 1.29 is 4.52 Å². The maximum Gasteiger partial charge on any atom is 0.268 e. The highest BCUT2D eigenvalue weighted by Crippen LogP contribution is 2.28. The van der Waals surface area contributed by atoms with Crippen molar-refractivity contribution in [1.29, 1.82) is 5.26 Å². The van der Waals surface area contributed by atoms with Gasteiger partial charge in [-0.05, 0) is 25.1 Å². The summed E-state index contributed by atoms with van der Waals surface area (Å²) in [5, 5.41) is 12.8. The Morgan fingerprint density at radius 2 is 2.16 bits per heavy atom. The average Bonchev–Trinajstić information content (AvgIpc) is 3.07. The van der Waals surface area contributed by atoms with Crippen LogP contribution in [0.4, 0.5) is 0 Å². The van der Waals surface area contributed by atoms with Crippen LogP contribution in [0.15, 0.2) is 40.9 Å². The molecule has 5 heteroatoms. The average molecular weight is 267 g/mol. The highest BCUT2D eigenvalue weighted by molar-refractivity contribution is 7.15. The van der Waals surface area contributed by atoms with E-state index in [4.69, 9.17) is 9.78 Å². The molecule has 0 atom stereocenters. The topological polar surface area (TPSA) is 62.7 Å². The van der Waals surface area contributed by atoms with E-state index >= 15 is 0 Å². The number of thiophene rings is 1. The van der Waals surface area contributed by atoms with Gasteiger partial charge >= 0.3 is 0 Å². The summed E-state index contributed by atoms with van der Waals surface area (Å²) < 4.78 is 5.24. The van der Waals surface area contributed by atoms with E-state index in [9.17, 15) is 0 Å². The molecule has 2 aromatic heterocycles. The molecule has 1 aromatic carbocycles. The van der Waals surface area contributed by atoms with Gasteiger partial charge in [0, 0.05) is 5.56 Å². The number of benzene rings is 1. The Kier molecular flexibility index (Phi) is 2.86. The molecular formula is C14H9N3OS. The van der Waals surface area contributed by atoms with Gasteiger partial charge in [-0.3, -0.25) is 0 Å². The minimum Gasteiger partial charge on any atom is -0.333 e. The number of nitriles is 1. The number of aromatic nitrogens is 2. The van der Waals surface area contributed by atoms with Crippen molar-refractivity contribution in [2.24, 2.45) is 0 Å². The SMILES string of the molecule is Cc1cccc(-c2noc(-c3ccc(C#N)s3)n2)c1. The van der Waals surface area contributed by atoms with Crippen molar-refractivity contribution in [3.8, 4) is 28.2 Å². The predicted octanol–water partition coefficient (Wildman–Crippen LogP) is 3.65. The van der Waals surface area contributed by atoms with Crippen molar-refractivity contribution in [1.82, 2.24) is 10.1 Å². The molecule has 0 saturated carbocycles. The van der Waals surface area contributed by atoms with Gasteiger partial charge in [0.2, 0.25) is 5.82 Å². The van der Waals surface area contributed by atoms with Crippen molar-refractivity contribution >= 4 is 11.3 Å². The fourth-order valence-corrected chi connectivity index (χ4v) is 2.46. The summed E-state index contributed by atoms with van der Waals surface area (Å²) in [5.41, 5.74) is 2.07. The van der Waals surface area contributed by atoms with Crippen molar-refractivity contribution in [3.63, 3.8) is 0 Å². The van der Waals surface area contributed by atoms with E-state index in [1.165, 1.54) is 11.3 Å². The number of hydrogen-bond acceptors (Lipinski definition) is 5. The summed E-state index contributed by atoms with van der Waals surface area (Å²) in [5.74, 6) is 1.01. The molecular weight excluding hydrogens is 258 g/mol. The molecule has 0 aliphatic heterocycles. The first-order valence-corrected chi connectivity index (χ1v) is 6.49. The fourth-order valence-electron chi connectivity index (χ4n) is 1.74. The second kappa shape index (κ2) is 4.67. The monoisotopic (exact) mass is 267 g/mol. The molecule has 0 amide bonds. The van der Waals surface area contributed by atoms with Crippen LogP contribution in [0.25, 0.3) is 22.2 Å². The van der Waals surface area contributed by atoms with E-state index in [0.29, 0.717) is 16.6 Å². The van der Waals surface area contributed by atoms with Crippen LogP contribution >= 0.6 is 11.3 Å². The minimum absolute atomic E-state index is 0.447. The molecule has 92 valence electrons. The Bertz CT molecular complexity index is 767. The highest BCUT2D eigenvalue weighted by atomic mass is 32.1. The zero-order valence-electron chi connectivity index (χ0n) is 10.1. The molecule has 0 fully saturated rings. The summed E-state index contributed by atoms with van der Waals surface area (Å²) in [7, 11) is 0. The molecule has 0 saturated heterocycles. The molecule has 3 rings (SSSR count). The Labute approximate surface area is 113 Å². The molecule has 0 bridgehead atoms. The molecule has 0 radical (unpaired) electrons. The van der Waals surface area contributed by atoms with Crippen molar-refractivity contribution in [3.05, 3.63) is 46.8 Å². The molecule has 0 spiro atoms. The Morgan fingerprint density at radius 3 is 2.89 bits per heavy atom. The molecule has 0 aliphatic rings. The number of aryl methyl sites for hydroxylation is 1. The van der Waals surface area contributed by atoms with Gasteiger partial charge in [0.05, 0.1) is 4.88 Å². The fraction of sp³-hybridized carbons (Fsp3) is 0.0714. The molecule has 3 aromatic rings. The summed E-state index contributed by atoms with van der Waals surface area (Å²) in [6, 6.07) is 13.6. The van der Waals surface area contributed by atoms with E-state index in [-0.39, 0.29) is 0 Å². The lowest BCUT2D eigenvalue weighted by Gasteiger charge is -1.94. The van der Waals surface area contributed by atoms with Crippen LogP contribution in [0.2, 0.25) is 0 Å². The largest absolute Gasteiger partial charge is 0.333 e. The second-order valence-corrected chi connectivity index (χ2v) is 5.15. The van der Waals surface area contributed by atoms with Gasteiger partial charge < -0.3 is 4.52 Å². The van der Waals surface area contributed by atoms with Crippen LogP contribution in [-0.4, -0.2) is 10.1 Å². The zero-order valence-corrected chi connectivity index (χ0v) is 10.9. The van der Waals surface area contributed by atoms with E-state index in [1.807, 2.05) is 37.3 Å². The third kappa shape index (κ3) is 2.26. The normalized spacial score (nSPS) is 10.3. The maximum atomic E-state index is 8.81. The van der Waals surface area contributed by atoms with E-state index in [2.05, 4.69) is 16.2 Å². The molecule has 0 aliphatic carbocycles. The van der Waals surface area contributed by atoms with Crippen LogP contribution in [0, 0.1) is 18.3 Å². The van der Waals surface area contributed by atoms with Crippen LogP contribution in [-0.2, 0) is 0 Å². The van der Waals surface area contributed by atoms with Gasteiger partial charge in [-0.25, -0.2) is 0 Å².